The largest absolute Gasteiger partial charge is 0.507 e. The van der Waals surface area contributed by atoms with Crippen LogP contribution in [0.4, 0.5) is 23.8 Å². The molecule has 4 aromatic rings. The summed E-state index contributed by atoms with van der Waals surface area (Å²) in [5.41, 5.74) is -0.853. The molecule has 2 bridgehead atoms. The van der Waals surface area contributed by atoms with Crippen LogP contribution in [0.2, 0.25) is 0 Å². The van der Waals surface area contributed by atoms with Crippen LogP contribution >= 0.6 is 0 Å². The van der Waals surface area contributed by atoms with E-state index < -0.39 is 34.7 Å². The molecular formula is C41H48F3N5O6. The van der Waals surface area contributed by atoms with Crippen LogP contribution in [0.1, 0.15) is 65.4 Å². The topological polar surface area (TPSA) is 110 Å². The molecule has 0 radical (unpaired) electrons. The van der Waals surface area contributed by atoms with Gasteiger partial charge >= 0.3 is 12.1 Å². The van der Waals surface area contributed by atoms with Gasteiger partial charge in [0.25, 0.3) is 0 Å². The predicted octanol–water partition coefficient (Wildman–Crippen LogP) is 7.52. The molecule has 14 heteroatoms. The third-order valence-corrected chi connectivity index (χ3v) is 11.6. The number of anilines is 1. The number of carbonyl (C=O) groups excluding carboxylic acids is 1. The normalized spacial score (nSPS) is 23.9. The minimum atomic E-state index is -0.965. The molecule has 0 aliphatic carbocycles. The first-order valence-corrected chi connectivity index (χ1v) is 19.2. The highest BCUT2D eigenvalue weighted by Crippen LogP contribution is 2.46. The summed E-state index contributed by atoms with van der Waals surface area (Å²) < 4.78 is 70.5. The number of fused-ring (bicyclic) bond motifs is 5. The van der Waals surface area contributed by atoms with Crippen molar-refractivity contribution in [2.45, 2.75) is 95.6 Å². The number of methoxy groups -OCH3 is 1. The maximum atomic E-state index is 17.5. The summed E-state index contributed by atoms with van der Waals surface area (Å²) in [6.45, 7) is 9.25. The van der Waals surface area contributed by atoms with Crippen molar-refractivity contribution in [2.75, 3.05) is 51.6 Å². The highest BCUT2D eigenvalue weighted by molar-refractivity contribution is 6.05. The van der Waals surface area contributed by atoms with Crippen LogP contribution in [0.15, 0.2) is 30.3 Å². The van der Waals surface area contributed by atoms with Gasteiger partial charge in [-0.3, -0.25) is 9.80 Å². The van der Waals surface area contributed by atoms with Gasteiger partial charge in [-0.25, -0.2) is 18.0 Å². The number of hydrogen-bond acceptors (Lipinski definition) is 10. The summed E-state index contributed by atoms with van der Waals surface area (Å²) in [5, 5.41) is 13.1. The zero-order valence-corrected chi connectivity index (χ0v) is 32.0. The van der Waals surface area contributed by atoms with Gasteiger partial charge in [0.2, 0.25) is 0 Å². The number of aromatic nitrogens is 2. The molecule has 4 atom stereocenters. The van der Waals surface area contributed by atoms with E-state index >= 15 is 8.78 Å². The maximum Gasteiger partial charge on any atom is 0.410 e. The van der Waals surface area contributed by atoms with Crippen LogP contribution in [0.25, 0.3) is 32.8 Å². The molecule has 11 nitrogen and oxygen atoms in total. The van der Waals surface area contributed by atoms with Gasteiger partial charge in [0, 0.05) is 44.1 Å². The minimum absolute atomic E-state index is 0.0779. The summed E-state index contributed by atoms with van der Waals surface area (Å²) in [6.07, 6.45) is 2.50. The first-order valence-electron chi connectivity index (χ1n) is 19.2. The molecule has 0 spiro atoms. The first kappa shape index (κ1) is 37.4. The highest BCUT2D eigenvalue weighted by atomic mass is 19.1. The Kier molecular flexibility index (Phi) is 9.64. The summed E-state index contributed by atoms with van der Waals surface area (Å²) in [7, 11) is 1.48. The van der Waals surface area contributed by atoms with Gasteiger partial charge in [-0.2, -0.15) is 9.97 Å². The number of piperazine rings is 1. The van der Waals surface area contributed by atoms with Gasteiger partial charge in [0.05, 0.1) is 23.2 Å². The number of phenolic OH excluding ortho intramolecular Hbond substituents is 1. The Morgan fingerprint density at radius 2 is 1.82 bits per heavy atom. The number of alkyl halides is 1. The number of carbonyl (C=O) groups is 1. The lowest BCUT2D eigenvalue weighted by atomic mass is 9.91. The Bertz CT molecular complexity index is 2130. The standard InChI is InChI=1S/C41H48F3N5O6/c1-6-28-31(43)11-8-23-14-27(54-22-52-5)15-29(33(23)28)34-32(50)16-30-36(35(34)44)45-38(53-21-41-12-7-13-48(41)18-24(42)17-41)46-37(30)47-19-25-9-10-26(20-47)49(25)39(51)55-40(2,3)4/h8,11,14-16,24-26,50H,6-7,9-10,12-13,17-22H2,1-5H3/t24-,25-,26+,41+/m1/s1. The molecule has 1 N–H and O–H groups in total. The second-order valence-electron chi connectivity index (χ2n) is 16.4. The fourth-order valence-corrected chi connectivity index (χ4v) is 9.32. The average Bonchev–Trinajstić information content (AvgIpc) is 3.75. The number of halogens is 3. The Labute approximate surface area is 318 Å². The Morgan fingerprint density at radius 3 is 2.53 bits per heavy atom. The van der Waals surface area contributed by atoms with Crippen molar-refractivity contribution in [1.29, 1.82) is 0 Å². The van der Waals surface area contributed by atoms with Gasteiger partial charge in [-0.05, 0) is 100 Å². The number of nitrogens with zero attached hydrogens (tertiary/aromatic N) is 5. The van der Waals surface area contributed by atoms with E-state index in [4.69, 9.17) is 23.9 Å². The van der Waals surface area contributed by atoms with Gasteiger partial charge in [0.1, 0.15) is 47.0 Å². The first-order chi connectivity index (χ1) is 26.3. The predicted molar refractivity (Wildman–Crippen MR) is 202 cm³/mol. The van der Waals surface area contributed by atoms with Crippen molar-refractivity contribution in [1.82, 2.24) is 19.8 Å². The van der Waals surface area contributed by atoms with Crippen molar-refractivity contribution in [3.8, 4) is 28.6 Å². The van der Waals surface area contributed by atoms with Crippen molar-refractivity contribution in [3.05, 3.63) is 47.5 Å². The zero-order chi connectivity index (χ0) is 38.8. The number of hydrogen-bond donors (Lipinski definition) is 1. The molecular weight excluding hydrogens is 715 g/mol. The average molecular weight is 764 g/mol. The van der Waals surface area contributed by atoms with E-state index in [0.29, 0.717) is 60.4 Å². The third-order valence-electron chi connectivity index (χ3n) is 11.6. The van der Waals surface area contributed by atoms with Crippen LogP contribution in [0.5, 0.6) is 17.5 Å². The van der Waals surface area contributed by atoms with E-state index in [9.17, 15) is 14.3 Å². The smallest absolute Gasteiger partial charge is 0.410 e. The molecule has 3 aromatic carbocycles. The summed E-state index contributed by atoms with van der Waals surface area (Å²) >= 11 is 0. The number of ether oxygens (including phenoxy) is 4. The van der Waals surface area contributed by atoms with E-state index in [1.54, 1.807) is 23.1 Å². The quantitative estimate of drug-likeness (QED) is 0.172. The summed E-state index contributed by atoms with van der Waals surface area (Å²) in [5.74, 6) is -1.01. The van der Waals surface area contributed by atoms with Gasteiger partial charge in [-0.15, -0.1) is 0 Å². The molecule has 1 aromatic heterocycles. The fourth-order valence-electron chi connectivity index (χ4n) is 9.32. The molecule has 8 rings (SSSR count). The molecule has 5 heterocycles. The summed E-state index contributed by atoms with van der Waals surface area (Å²) in [6, 6.07) is 7.24. The van der Waals surface area contributed by atoms with Gasteiger partial charge in [0.15, 0.2) is 12.6 Å². The highest BCUT2D eigenvalue weighted by Gasteiger charge is 2.50. The van der Waals surface area contributed by atoms with E-state index in [0.717, 1.165) is 32.2 Å². The van der Waals surface area contributed by atoms with Crippen LogP contribution in [-0.4, -0.2) is 107 Å². The number of benzene rings is 3. The SMILES string of the molecule is CCc1c(F)ccc2cc(OCOC)cc(-c3c(O)cc4c(N5C[C@H]6CC[C@@H](C5)N6C(=O)OC(C)(C)C)nc(OC[C@@]56CCCN5C[C@H](F)C6)nc4c3F)c12. The lowest BCUT2D eigenvalue weighted by Gasteiger charge is -2.42. The lowest BCUT2D eigenvalue weighted by molar-refractivity contribution is 0.0122. The molecule has 294 valence electrons. The molecule has 4 saturated heterocycles. The summed E-state index contributed by atoms with van der Waals surface area (Å²) in [4.78, 5) is 28.7. The molecule has 4 aliphatic heterocycles. The Morgan fingerprint density at radius 1 is 1.05 bits per heavy atom. The number of rotatable bonds is 9. The Balaban J connectivity index is 1.26. The number of amides is 1. The number of phenols is 1. The molecule has 4 aliphatic rings. The number of aryl methyl sites for hydroxylation is 1. The van der Waals surface area contributed by atoms with Crippen molar-refractivity contribution >= 4 is 33.6 Å². The van der Waals surface area contributed by atoms with E-state index in [2.05, 4.69) is 9.88 Å². The molecule has 0 unspecified atom stereocenters. The number of aromatic hydroxyl groups is 1. The fraction of sp³-hybridized carbons (Fsp3) is 0.537. The second-order valence-corrected chi connectivity index (χ2v) is 16.4. The monoisotopic (exact) mass is 763 g/mol. The van der Waals surface area contributed by atoms with Crippen LogP contribution in [0, 0.1) is 11.6 Å². The van der Waals surface area contributed by atoms with Crippen LogP contribution in [-0.2, 0) is 15.9 Å². The van der Waals surface area contributed by atoms with E-state index in [1.165, 1.54) is 19.2 Å². The third kappa shape index (κ3) is 6.74. The molecule has 1 amide bonds. The molecule has 55 heavy (non-hydrogen) atoms. The lowest BCUT2D eigenvalue weighted by Crippen LogP contribution is -2.57. The van der Waals surface area contributed by atoms with E-state index in [1.807, 2.05) is 32.6 Å². The second kappa shape index (κ2) is 14.2. The van der Waals surface area contributed by atoms with Crippen molar-refractivity contribution < 1.29 is 42.0 Å². The zero-order valence-electron chi connectivity index (χ0n) is 32.0. The van der Waals surface area contributed by atoms with Crippen LogP contribution < -0.4 is 14.4 Å². The maximum absolute atomic E-state index is 17.5. The molecule has 4 fully saturated rings. The van der Waals surface area contributed by atoms with Crippen molar-refractivity contribution in [3.63, 3.8) is 0 Å². The molecule has 0 saturated carbocycles. The van der Waals surface area contributed by atoms with E-state index in [-0.39, 0.29) is 59.6 Å². The Hall–Kier alpha value is -4.56. The van der Waals surface area contributed by atoms with Crippen molar-refractivity contribution in [2.24, 2.45) is 0 Å². The van der Waals surface area contributed by atoms with Crippen LogP contribution in [0.3, 0.4) is 0 Å². The van der Waals surface area contributed by atoms with Gasteiger partial charge < -0.3 is 29.0 Å². The minimum Gasteiger partial charge on any atom is -0.507 e. The van der Waals surface area contributed by atoms with Gasteiger partial charge in [-0.1, -0.05) is 13.0 Å².